The fourth-order valence-electron chi connectivity index (χ4n) is 2.41. The SMILES string of the molecule is COc1cc(C(=O)COC(=O)c2ccc(C)c(C)c2)cc(OC)c1OC. The zero-order valence-electron chi connectivity index (χ0n) is 15.5. The quantitative estimate of drug-likeness (QED) is 0.558. The van der Waals surface area contributed by atoms with Crippen LogP contribution in [0.15, 0.2) is 30.3 Å². The third-order valence-electron chi connectivity index (χ3n) is 4.06. The van der Waals surface area contributed by atoms with Crippen LogP contribution < -0.4 is 14.2 Å². The second-order valence-electron chi connectivity index (χ2n) is 5.71. The molecule has 0 aliphatic heterocycles. The van der Waals surface area contributed by atoms with E-state index in [1.165, 1.54) is 33.5 Å². The fraction of sp³-hybridized carbons (Fsp3) is 0.300. The number of rotatable bonds is 7. The van der Waals surface area contributed by atoms with E-state index in [4.69, 9.17) is 18.9 Å². The molecule has 0 spiro atoms. The zero-order chi connectivity index (χ0) is 19.3. The maximum Gasteiger partial charge on any atom is 0.338 e. The molecule has 2 rings (SSSR count). The van der Waals surface area contributed by atoms with E-state index in [0.717, 1.165) is 11.1 Å². The third kappa shape index (κ3) is 4.14. The van der Waals surface area contributed by atoms with Crippen molar-refractivity contribution in [2.75, 3.05) is 27.9 Å². The highest BCUT2D eigenvalue weighted by molar-refractivity contribution is 6.00. The van der Waals surface area contributed by atoms with Crippen molar-refractivity contribution in [3.63, 3.8) is 0 Å². The Morgan fingerprint density at radius 1 is 0.808 bits per heavy atom. The second kappa shape index (κ2) is 8.38. The monoisotopic (exact) mass is 358 g/mol. The smallest absolute Gasteiger partial charge is 0.338 e. The lowest BCUT2D eigenvalue weighted by molar-refractivity contribution is 0.0474. The van der Waals surface area contributed by atoms with Gasteiger partial charge in [0.25, 0.3) is 0 Å². The van der Waals surface area contributed by atoms with Crippen molar-refractivity contribution in [3.8, 4) is 17.2 Å². The van der Waals surface area contributed by atoms with E-state index < -0.39 is 5.97 Å². The Kier molecular flexibility index (Phi) is 6.22. The van der Waals surface area contributed by atoms with Crippen LogP contribution in [0.4, 0.5) is 0 Å². The van der Waals surface area contributed by atoms with E-state index in [2.05, 4.69) is 0 Å². The maximum atomic E-state index is 12.4. The molecule has 2 aromatic rings. The van der Waals surface area contributed by atoms with Gasteiger partial charge in [-0.2, -0.15) is 0 Å². The standard InChI is InChI=1S/C20H22O6/c1-12-6-7-14(8-13(12)2)20(22)26-11-16(21)15-9-17(23-3)19(25-5)18(10-15)24-4/h6-10H,11H2,1-5H3. The lowest BCUT2D eigenvalue weighted by atomic mass is 10.1. The molecule has 0 atom stereocenters. The minimum atomic E-state index is -0.547. The summed E-state index contributed by atoms with van der Waals surface area (Å²) in [6.45, 7) is 3.48. The van der Waals surface area contributed by atoms with Crippen molar-refractivity contribution < 1.29 is 28.5 Å². The van der Waals surface area contributed by atoms with Gasteiger partial charge in [0, 0.05) is 5.56 Å². The Morgan fingerprint density at radius 2 is 1.42 bits per heavy atom. The Hall–Kier alpha value is -3.02. The molecule has 0 aliphatic rings. The molecule has 0 saturated carbocycles. The van der Waals surface area contributed by atoms with Crippen molar-refractivity contribution in [2.45, 2.75) is 13.8 Å². The average molecular weight is 358 g/mol. The molecule has 0 aliphatic carbocycles. The molecular formula is C20H22O6. The third-order valence-corrected chi connectivity index (χ3v) is 4.06. The van der Waals surface area contributed by atoms with Gasteiger partial charge in [-0.05, 0) is 49.2 Å². The average Bonchev–Trinajstić information content (AvgIpc) is 2.66. The molecule has 0 heterocycles. The first-order valence-electron chi connectivity index (χ1n) is 7.98. The second-order valence-corrected chi connectivity index (χ2v) is 5.71. The first-order valence-corrected chi connectivity index (χ1v) is 7.98. The lowest BCUT2D eigenvalue weighted by Gasteiger charge is -2.13. The molecule has 0 amide bonds. The Bertz CT molecular complexity index is 800. The van der Waals surface area contributed by atoms with Crippen LogP contribution in [0.5, 0.6) is 17.2 Å². The molecule has 0 saturated heterocycles. The summed E-state index contributed by atoms with van der Waals surface area (Å²) >= 11 is 0. The summed E-state index contributed by atoms with van der Waals surface area (Å²) in [5.41, 5.74) is 2.77. The van der Waals surface area contributed by atoms with Crippen LogP contribution >= 0.6 is 0 Å². The van der Waals surface area contributed by atoms with Crippen LogP contribution in [0.1, 0.15) is 31.8 Å². The topological polar surface area (TPSA) is 71.1 Å². The number of carbonyl (C=O) groups is 2. The van der Waals surface area contributed by atoms with Crippen molar-refractivity contribution in [1.82, 2.24) is 0 Å². The van der Waals surface area contributed by atoms with Gasteiger partial charge in [0.1, 0.15) is 0 Å². The van der Waals surface area contributed by atoms with Gasteiger partial charge < -0.3 is 18.9 Å². The summed E-state index contributed by atoms with van der Waals surface area (Å²) in [6, 6.07) is 8.30. The number of carbonyl (C=O) groups excluding carboxylic acids is 2. The van der Waals surface area contributed by atoms with Gasteiger partial charge in [-0.1, -0.05) is 6.07 Å². The number of Topliss-reactive ketones (excluding diaryl/α,β-unsaturated/α-hetero) is 1. The van der Waals surface area contributed by atoms with Crippen LogP contribution in [-0.4, -0.2) is 39.7 Å². The van der Waals surface area contributed by atoms with Crippen LogP contribution in [0.2, 0.25) is 0 Å². The summed E-state index contributed by atoms with van der Waals surface area (Å²) in [4.78, 5) is 24.6. The number of ketones is 1. The fourth-order valence-corrected chi connectivity index (χ4v) is 2.41. The van der Waals surface area contributed by atoms with Gasteiger partial charge >= 0.3 is 5.97 Å². The van der Waals surface area contributed by atoms with E-state index >= 15 is 0 Å². The molecule has 0 unspecified atom stereocenters. The zero-order valence-corrected chi connectivity index (χ0v) is 15.5. The van der Waals surface area contributed by atoms with E-state index in [1.54, 1.807) is 12.1 Å². The number of benzene rings is 2. The number of hydrogen-bond donors (Lipinski definition) is 0. The van der Waals surface area contributed by atoms with Crippen molar-refractivity contribution in [2.24, 2.45) is 0 Å². The van der Waals surface area contributed by atoms with E-state index in [-0.39, 0.29) is 12.4 Å². The van der Waals surface area contributed by atoms with Crippen LogP contribution in [0, 0.1) is 13.8 Å². The largest absolute Gasteiger partial charge is 0.493 e. The number of aryl methyl sites for hydroxylation is 2. The van der Waals surface area contributed by atoms with Crippen LogP contribution in [0.3, 0.4) is 0 Å². The molecule has 0 aromatic heterocycles. The van der Waals surface area contributed by atoms with Crippen LogP contribution in [0.25, 0.3) is 0 Å². The molecule has 138 valence electrons. The van der Waals surface area contributed by atoms with Gasteiger partial charge in [-0.25, -0.2) is 4.79 Å². The lowest BCUT2D eigenvalue weighted by Crippen LogP contribution is -2.15. The van der Waals surface area contributed by atoms with Gasteiger partial charge in [0.05, 0.1) is 26.9 Å². The molecule has 2 aromatic carbocycles. The van der Waals surface area contributed by atoms with Gasteiger partial charge in [0.2, 0.25) is 11.5 Å². The molecule has 6 nitrogen and oxygen atoms in total. The van der Waals surface area contributed by atoms with Gasteiger partial charge in [-0.15, -0.1) is 0 Å². The highest BCUT2D eigenvalue weighted by Crippen LogP contribution is 2.38. The van der Waals surface area contributed by atoms with E-state index in [1.807, 2.05) is 19.9 Å². The summed E-state index contributed by atoms with van der Waals surface area (Å²) in [6.07, 6.45) is 0. The van der Waals surface area contributed by atoms with Crippen molar-refractivity contribution >= 4 is 11.8 Å². The number of esters is 1. The van der Waals surface area contributed by atoms with Crippen molar-refractivity contribution in [3.05, 3.63) is 52.6 Å². The Labute approximate surface area is 152 Å². The van der Waals surface area contributed by atoms with Gasteiger partial charge in [0.15, 0.2) is 18.1 Å². The van der Waals surface area contributed by atoms with E-state index in [0.29, 0.717) is 28.4 Å². The predicted molar refractivity (Wildman–Crippen MR) is 96.6 cm³/mol. The molecule has 0 N–H and O–H groups in total. The van der Waals surface area contributed by atoms with Crippen LogP contribution in [-0.2, 0) is 4.74 Å². The molecule has 0 bridgehead atoms. The Balaban J connectivity index is 2.14. The highest BCUT2D eigenvalue weighted by Gasteiger charge is 2.18. The minimum Gasteiger partial charge on any atom is -0.493 e. The summed E-state index contributed by atoms with van der Waals surface area (Å²) in [7, 11) is 4.41. The molecule has 26 heavy (non-hydrogen) atoms. The molecule has 6 heteroatoms. The van der Waals surface area contributed by atoms with Crippen molar-refractivity contribution in [1.29, 1.82) is 0 Å². The number of methoxy groups -OCH3 is 3. The van der Waals surface area contributed by atoms with E-state index in [9.17, 15) is 9.59 Å². The van der Waals surface area contributed by atoms with Gasteiger partial charge in [-0.3, -0.25) is 4.79 Å². The molecule has 0 radical (unpaired) electrons. The normalized spacial score (nSPS) is 10.2. The number of ether oxygens (including phenoxy) is 4. The summed E-state index contributed by atoms with van der Waals surface area (Å²) < 4.78 is 20.8. The summed E-state index contributed by atoms with van der Waals surface area (Å²) in [5, 5.41) is 0. The minimum absolute atomic E-state index is 0.299. The molecule has 0 fully saturated rings. The summed E-state index contributed by atoms with van der Waals surface area (Å²) in [5.74, 6) is 0.181. The number of hydrogen-bond acceptors (Lipinski definition) is 6. The molecular weight excluding hydrogens is 336 g/mol. The Morgan fingerprint density at radius 3 is 1.92 bits per heavy atom. The maximum absolute atomic E-state index is 12.4. The predicted octanol–water partition coefficient (Wildman–Crippen LogP) is 3.37. The first-order chi connectivity index (χ1) is 12.4. The highest BCUT2D eigenvalue weighted by atomic mass is 16.5. The first kappa shape index (κ1) is 19.3.